The van der Waals surface area contributed by atoms with E-state index in [1.807, 2.05) is 35.2 Å². The number of phenolic OH excluding ortho intramolecular Hbond substituents is 1. The molecule has 2 aliphatic heterocycles. The van der Waals surface area contributed by atoms with Crippen LogP contribution in [0.3, 0.4) is 0 Å². The van der Waals surface area contributed by atoms with Gasteiger partial charge in [-0.05, 0) is 56.4 Å². The molecule has 1 atom stereocenters. The lowest BCUT2D eigenvalue weighted by molar-refractivity contribution is -0.135. The maximum absolute atomic E-state index is 13.2. The van der Waals surface area contributed by atoms with E-state index in [0.29, 0.717) is 12.1 Å². The average molecular weight is 468 g/mol. The third kappa shape index (κ3) is 5.95. The first-order valence-electron chi connectivity index (χ1n) is 12.4. The Morgan fingerprint density at radius 1 is 0.824 bits per heavy atom. The quantitative estimate of drug-likeness (QED) is 0.744. The summed E-state index contributed by atoms with van der Waals surface area (Å²) < 4.78 is 12.0. The van der Waals surface area contributed by atoms with Gasteiger partial charge < -0.3 is 14.9 Å². The molecule has 0 radical (unpaired) electrons. The lowest BCUT2D eigenvalue weighted by Crippen LogP contribution is -2.49. The van der Waals surface area contributed by atoms with Gasteiger partial charge in [0.25, 0.3) is 5.91 Å². The van der Waals surface area contributed by atoms with Crippen LogP contribution in [0.2, 0.25) is 0 Å². The summed E-state index contributed by atoms with van der Waals surface area (Å²) in [5.41, 5.74) is 0.680. The predicted molar refractivity (Wildman–Crippen MR) is 129 cm³/mol. The largest absolute Gasteiger partial charge is 0.508 e. The molecule has 5 rings (SSSR count). The molecule has 2 heterocycles. The molecule has 2 saturated heterocycles. The Morgan fingerprint density at radius 2 is 1.62 bits per heavy atom. The minimum atomic E-state index is -0.412. The van der Waals surface area contributed by atoms with Crippen molar-refractivity contribution >= 4 is 11.8 Å². The van der Waals surface area contributed by atoms with Crippen molar-refractivity contribution < 1.29 is 19.1 Å². The van der Waals surface area contributed by atoms with Gasteiger partial charge >= 0.3 is 0 Å². The monoisotopic (exact) mass is 467 g/mol. The lowest BCUT2D eigenvalue weighted by atomic mass is 9.91. The number of nitrogens with zero attached hydrogens (tertiary/aromatic N) is 3. The smallest absolute Gasteiger partial charge is 0.254 e. The molecule has 1 aliphatic carbocycles. The molecular weight excluding hydrogens is 433 g/mol. The van der Waals surface area contributed by atoms with Crippen LogP contribution >= 0.6 is 0 Å². The van der Waals surface area contributed by atoms with Crippen molar-refractivity contribution in [2.24, 2.45) is 0 Å². The SMILES string of the molecule is O=C([C@H]1CCCN1C(=O)c1ccccc1)N1CCCN(C2CCC2)CC1.Oc1cccc(F)c1. The van der Waals surface area contributed by atoms with Crippen molar-refractivity contribution in [2.75, 3.05) is 32.7 Å². The first-order chi connectivity index (χ1) is 16.5. The van der Waals surface area contributed by atoms with Gasteiger partial charge in [0.2, 0.25) is 5.91 Å². The molecule has 2 aromatic rings. The summed E-state index contributed by atoms with van der Waals surface area (Å²) in [6, 6.07) is 15.0. The maximum atomic E-state index is 13.2. The number of carbonyl (C=O) groups excluding carboxylic acids is 2. The van der Waals surface area contributed by atoms with Crippen LogP contribution in [0.15, 0.2) is 54.6 Å². The minimum Gasteiger partial charge on any atom is -0.508 e. The van der Waals surface area contributed by atoms with Crippen LogP contribution in [0.5, 0.6) is 5.75 Å². The van der Waals surface area contributed by atoms with Gasteiger partial charge in [0.15, 0.2) is 0 Å². The number of rotatable bonds is 3. The van der Waals surface area contributed by atoms with Crippen molar-refractivity contribution in [2.45, 2.75) is 50.6 Å². The lowest BCUT2D eigenvalue weighted by Gasteiger charge is -2.37. The molecule has 2 amide bonds. The summed E-state index contributed by atoms with van der Waals surface area (Å²) in [7, 11) is 0. The number of benzene rings is 2. The Bertz CT molecular complexity index is 949. The molecule has 0 spiro atoms. The van der Waals surface area contributed by atoms with Gasteiger partial charge in [0.1, 0.15) is 17.6 Å². The molecule has 1 saturated carbocycles. The molecular formula is C27H34FN3O3. The fraction of sp³-hybridized carbons (Fsp3) is 0.481. The first kappa shape index (κ1) is 24.2. The van der Waals surface area contributed by atoms with Gasteiger partial charge in [-0.2, -0.15) is 0 Å². The number of aromatic hydroxyl groups is 1. The summed E-state index contributed by atoms with van der Waals surface area (Å²) in [6.07, 6.45) is 6.73. The number of phenols is 1. The van der Waals surface area contributed by atoms with Crippen LogP contribution in [0.4, 0.5) is 4.39 Å². The molecule has 34 heavy (non-hydrogen) atoms. The maximum Gasteiger partial charge on any atom is 0.254 e. The Morgan fingerprint density at radius 3 is 2.26 bits per heavy atom. The zero-order chi connectivity index (χ0) is 23.9. The van der Waals surface area contributed by atoms with Crippen LogP contribution in [-0.4, -0.2) is 76.4 Å². The fourth-order valence-corrected chi connectivity index (χ4v) is 4.97. The second-order valence-electron chi connectivity index (χ2n) is 9.30. The Balaban J connectivity index is 0.000000291. The van der Waals surface area contributed by atoms with Crippen LogP contribution in [-0.2, 0) is 4.79 Å². The van der Waals surface area contributed by atoms with E-state index in [2.05, 4.69) is 4.90 Å². The third-order valence-corrected chi connectivity index (χ3v) is 7.06. The minimum absolute atomic E-state index is 0.00707. The van der Waals surface area contributed by atoms with E-state index in [1.54, 1.807) is 4.90 Å². The van der Waals surface area contributed by atoms with Crippen molar-refractivity contribution in [3.8, 4) is 5.75 Å². The molecule has 182 valence electrons. The van der Waals surface area contributed by atoms with Crippen LogP contribution in [0, 0.1) is 5.82 Å². The third-order valence-electron chi connectivity index (χ3n) is 7.06. The van der Waals surface area contributed by atoms with Gasteiger partial charge in [-0.1, -0.05) is 30.7 Å². The topological polar surface area (TPSA) is 64.1 Å². The van der Waals surface area contributed by atoms with Crippen LogP contribution in [0.25, 0.3) is 0 Å². The molecule has 6 nitrogen and oxygen atoms in total. The highest BCUT2D eigenvalue weighted by Crippen LogP contribution is 2.27. The molecule has 7 heteroatoms. The molecule has 0 aromatic heterocycles. The van der Waals surface area contributed by atoms with E-state index in [-0.39, 0.29) is 23.6 Å². The predicted octanol–water partition coefficient (Wildman–Crippen LogP) is 3.91. The first-order valence-corrected chi connectivity index (χ1v) is 12.4. The van der Waals surface area contributed by atoms with E-state index in [0.717, 1.165) is 57.5 Å². The molecule has 1 N–H and O–H groups in total. The van der Waals surface area contributed by atoms with Crippen molar-refractivity contribution in [1.82, 2.24) is 14.7 Å². The highest BCUT2D eigenvalue weighted by Gasteiger charge is 2.37. The Kier molecular flexibility index (Phi) is 8.16. The molecule has 3 aliphatic rings. The summed E-state index contributed by atoms with van der Waals surface area (Å²) in [6.45, 7) is 4.40. The average Bonchev–Trinajstić information content (AvgIpc) is 3.17. The van der Waals surface area contributed by atoms with Gasteiger partial charge in [-0.15, -0.1) is 0 Å². The molecule has 3 fully saturated rings. The van der Waals surface area contributed by atoms with E-state index in [9.17, 15) is 14.0 Å². The number of likely N-dealkylation sites (tertiary alicyclic amines) is 1. The second kappa shape index (κ2) is 11.5. The van der Waals surface area contributed by atoms with E-state index in [1.165, 1.54) is 37.5 Å². The molecule has 0 bridgehead atoms. The van der Waals surface area contributed by atoms with Crippen molar-refractivity contribution in [3.05, 3.63) is 66.0 Å². The number of hydrogen-bond donors (Lipinski definition) is 1. The van der Waals surface area contributed by atoms with Gasteiger partial charge in [0.05, 0.1) is 0 Å². The van der Waals surface area contributed by atoms with Gasteiger partial charge in [-0.3, -0.25) is 14.5 Å². The van der Waals surface area contributed by atoms with E-state index < -0.39 is 5.82 Å². The zero-order valence-electron chi connectivity index (χ0n) is 19.6. The fourth-order valence-electron chi connectivity index (χ4n) is 4.97. The number of halogens is 1. The second-order valence-corrected chi connectivity index (χ2v) is 9.30. The molecule has 0 unspecified atom stereocenters. The van der Waals surface area contributed by atoms with Crippen molar-refractivity contribution in [3.63, 3.8) is 0 Å². The normalized spacial score (nSPS) is 21.3. The number of hydrogen-bond acceptors (Lipinski definition) is 4. The Labute approximate surface area is 201 Å². The Hall–Kier alpha value is -2.93. The highest BCUT2D eigenvalue weighted by atomic mass is 19.1. The number of amides is 2. The number of carbonyl (C=O) groups is 2. The summed E-state index contributed by atoms with van der Waals surface area (Å²) >= 11 is 0. The summed E-state index contributed by atoms with van der Waals surface area (Å²) in [5, 5.41) is 8.57. The van der Waals surface area contributed by atoms with Crippen LogP contribution in [0.1, 0.15) is 48.9 Å². The summed E-state index contributed by atoms with van der Waals surface area (Å²) in [4.78, 5) is 32.4. The van der Waals surface area contributed by atoms with Gasteiger partial charge in [-0.25, -0.2) is 4.39 Å². The zero-order valence-corrected chi connectivity index (χ0v) is 19.6. The van der Waals surface area contributed by atoms with Gasteiger partial charge in [0, 0.05) is 50.4 Å². The van der Waals surface area contributed by atoms with E-state index >= 15 is 0 Å². The van der Waals surface area contributed by atoms with Crippen molar-refractivity contribution in [1.29, 1.82) is 0 Å². The van der Waals surface area contributed by atoms with E-state index in [4.69, 9.17) is 5.11 Å². The highest BCUT2D eigenvalue weighted by molar-refractivity contribution is 5.97. The molecule has 2 aromatic carbocycles. The summed E-state index contributed by atoms with van der Waals surface area (Å²) in [5.74, 6) is -0.301. The van der Waals surface area contributed by atoms with Crippen LogP contribution < -0.4 is 0 Å². The standard InChI is InChI=1S/C21H29N3O2.C6H5FO/c25-20(17-7-2-1-3-8-17)24-14-5-11-19(24)21(26)23-13-6-12-22(15-16-23)18-9-4-10-18;7-5-2-1-3-6(8)4-5/h1-3,7-8,18-19H,4-6,9-16H2;1-4,8H/t19-;/m1./s1.